The lowest BCUT2D eigenvalue weighted by molar-refractivity contribution is -0.153. The number of ketones is 2. The number of fused-ring (bicyclic) bond motifs is 3. The lowest BCUT2D eigenvalue weighted by Crippen LogP contribution is -2.65. The molecule has 10 nitrogen and oxygen atoms in total. The molecule has 198 valence electrons. The Hall–Kier alpha value is -3.99. The van der Waals surface area contributed by atoms with Gasteiger partial charge in [0.25, 0.3) is 5.91 Å². The Morgan fingerprint density at radius 3 is 2.32 bits per heavy atom. The van der Waals surface area contributed by atoms with Crippen LogP contribution in [-0.4, -0.2) is 73.6 Å². The van der Waals surface area contributed by atoms with E-state index in [2.05, 4.69) is 0 Å². The number of phenols is 1. The van der Waals surface area contributed by atoms with Crippen LogP contribution in [0.15, 0.2) is 53.3 Å². The van der Waals surface area contributed by atoms with Crippen LogP contribution in [0.4, 0.5) is 0 Å². The van der Waals surface area contributed by atoms with Crippen molar-refractivity contribution in [1.82, 2.24) is 4.90 Å². The van der Waals surface area contributed by atoms with Crippen molar-refractivity contribution < 1.29 is 39.9 Å². The number of amides is 1. The third-order valence-electron chi connectivity index (χ3n) is 8.05. The molecule has 0 aliphatic heterocycles. The molecule has 1 saturated carbocycles. The molecule has 0 saturated heterocycles. The summed E-state index contributed by atoms with van der Waals surface area (Å²) in [6.45, 7) is -0.125. The zero-order valence-corrected chi connectivity index (χ0v) is 20.8. The van der Waals surface area contributed by atoms with E-state index in [9.17, 15) is 39.9 Å². The van der Waals surface area contributed by atoms with E-state index in [1.165, 1.54) is 11.0 Å². The summed E-state index contributed by atoms with van der Waals surface area (Å²) < 4.78 is 0. The van der Waals surface area contributed by atoms with Crippen molar-refractivity contribution in [2.45, 2.75) is 31.1 Å². The van der Waals surface area contributed by atoms with Gasteiger partial charge in [-0.3, -0.25) is 19.3 Å². The minimum absolute atomic E-state index is 0.0182. The average molecular weight is 521 g/mol. The van der Waals surface area contributed by atoms with Crippen molar-refractivity contribution in [3.8, 4) is 16.9 Å². The predicted octanol–water partition coefficient (Wildman–Crippen LogP) is 1.12. The van der Waals surface area contributed by atoms with Gasteiger partial charge in [-0.1, -0.05) is 30.3 Å². The van der Waals surface area contributed by atoms with Crippen molar-refractivity contribution >= 4 is 23.2 Å². The molecule has 38 heavy (non-hydrogen) atoms. The lowest BCUT2D eigenvalue weighted by atomic mass is 9.57. The highest BCUT2D eigenvalue weighted by atomic mass is 16.3. The first kappa shape index (κ1) is 25.7. The SMILES string of the molecule is CN(C)[C@@H]1C(=O)C(C(N)=O)=C(O)[C@@]2(O)C(=O)C3=C(O)c4c(O)ccc(-c5ccc(CO)cc5)c4C[C@H]3C[C@@H]12. The second-order valence-corrected chi connectivity index (χ2v) is 10.3. The summed E-state index contributed by atoms with van der Waals surface area (Å²) in [4.78, 5) is 40.6. The number of nitrogens with zero attached hydrogens (tertiary/aromatic N) is 1. The summed E-state index contributed by atoms with van der Waals surface area (Å²) in [6, 6.07) is 9.06. The zero-order valence-electron chi connectivity index (χ0n) is 20.8. The van der Waals surface area contributed by atoms with E-state index in [4.69, 9.17) is 5.73 Å². The van der Waals surface area contributed by atoms with E-state index < -0.39 is 58.0 Å². The van der Waals surface area contributed by atoms with Crippen LogP contribution >= 0.6 is 0 Å². The molecule has 1 fully saturated rings. The van der Waals surface area contributed by atoms with E-state index in [-0.39, 0.29) is 36.3 Å². The molecule has 1 amide bonds. The molecule has 0 radical (unpaired) electrons. The summed E-state index contributed by atoms with van der Waals surface area (Å²) >= 11 is 0. The molecule has 4 atom stereocenters. The van der Waals surface area contributed by atoms with Gasteiger partial charge >= 0.3 is 0 Å². The first-order valence-corrected chi connectivity index (χ1v) is 12.1. The molecular formula is C28H28N2O8. The number of aliphatic hydroxyl groups excluding tert-OH is 3. The number of carbonyl (C=O) groups excluding carboxylic acids is 3. The Morgan fingerprint density at radius 1 is 1.08 bits per heavy atom. The largest absolute Gasteiger partial charge is 0.508 e. The van der Waals surface area contributed by atoms with Gasteiger partial charge in [0.1, 0.15) is 22.8 Å². The topological polar surface area (TPSA) is 182 Å². The van der Waals surface area contributed by atoms with Gasteiger partial charge < -0.3 is 31.3 Å². The molecule has 0 aromatic heterocycles. The lowest BCUT2D eigenvalue weighted by Gasteiger charge is -2.50. The van der Waals surface area contributed by atoms with Gasteiger partial charge in [-0.2, -0.15) is 0 Å². The second-order valence-electron chi connectivity index (χ2n) is 10.3. The summed E-state index contributed by atoms with van der Waals surface area (Å²) in [5.74, 6) is -6.83. The predicted molar refractivity (Wildman–Crippen MR) is 136 cm³/mol. The highest BCUT2D eigenvalue weighted by Crippen LogP contribution is 2.53. The number of Topliss-reactive ketones (excluding diaryl/α,β-unsaturated/α-hetero) is 2. The number of benzene rings is 2. The van der Waals surface area contributed by atoms with Crippen molar-refractivity contribution in [2.24, 2.45) is 17.6 Å². The monoisotopic (exact) mass is 520 g/mol. The normalized spacial score (nSPS) is 26.8. The van der Waals surface area contributed by atoms with Crippen LogP contribution in [0, 0.1) is 11.8 Å². The molecule has 0 unspecified atom stereocenters. The molecule has 2 aromatic carbocycles. The maximum Gasteiger partial charge on any atom is 0.255 e. The second kappa shape index (κ2) is 8.80. The first-order chi connectivity index (χ1) is 17.9. The number of hydrogen-bond acceptors (Lipinski definition) is 9. The smallest absolute Gasteiger partial charge is 0.255 e. The third kappa shape index (κ3) is 3.41. The van der Waals surface area contributed by atoms with Crippen LogP contribution in [-0.2, 0) is 27.4 Å². The Bertz CT molecular complexity index is 1460. The van der Waals surface area contributed by atoms with Crippen LogP contribution < -0.4 is 5.73 Å². The fourth-order valence-corrected chi connectivity index (χ4v) is 6.30. The Kier molecular flexibility index (Phi) is 5.94. The summed E-state index contributed by atoms with van der Waals surface area (Å²) in [7, 11) is 3.11. The zero-order chi connectivity index (χ0) is 27.7. The minimum atomic E-state index is -2.67. The minimum Gasteiger partial charge on any atom is -0.508 e. The van der Waals surface area contributed by atoms with E-state index in [0.29, 0.717) is 16.7 Å². The van der Waals surface area contributed by atoms with Gasteiger partial charge in [-0.25, -0.2) is 0 Å². The Labute approximate surface area is 217 Å². The summed E-state index contributed by atoms with van der Waals surface area (Å²) in [5.41, 5.74) is 4.42. The van der Waals surface area contributed by atoms with Gasteiger partial charge in [0, 0.05) is 11.5 Å². The van der Waals surface area contributed by atoms with Gasteiger partial charge in [0.2, 0.25) is 5.78 Å². The van der Waals surface area contributed by atoms with Crippen molar-refractivity contribution in [2.75, 3.05) is 14.1 Å². The van der Waals surface area contributed by atoms with E-state index in [1.807, 2.05) is 0 Å². The molecule has 0 spiro atoms. The van der Waals surface area contributed by atoms with Crippen molar-refractivity contribution in [1.29, 1.82) is 0 Å². The molecule has 7 N–H and O–H groups in total. The number of aromatic hydroxyl groups is 1. The van der Waals surface area contributed by atoms with E-state index >= 15 is 0 Å². The number of aliphatic hydroxyl groups is 4. The standard InChI is InChI=1S/C28H28N2O8/c1-30(2)22-17-10-14-9-16-15(13-5-3-12(11-31)4-6-13)7-8-18(32)20(16)23(33)19(14)25(35)28(17,38)26(36)21(24(22)34)27(29)37/h3-8,14,17,22,31-33,36,38H,9-11H2,1-2H3,(H2,29,37)/t14-,17-,22-,28-/m0/s1. The molecule has 3 aliphatic carbocycles. The highest BCUT2D eigenvalue weighted by molar-refractivity contribution is 6.24. The number of rotatable bonds is 4. The fourth-order valence-electron chi connectivity index (χ4n) is 6.30. The van der Waals surface area contributed by atoms with E-state index in [0.717, 1.165) is 5.56 Å². The number of primary amides is 1. The summed E-state index contributed by atoms with van der Waals surface area (Å²) in [5, 5.41) is 54.0. The van der Waals surface area contributed by atoms with Gasteiger partial charge in [0.05, 0.1) is 18.2 Å². The van der Waals surface area contributed by atoms with Crippen LogP contribution in [0.1, 0.15) is 23.1 Å². The molecule has 0 heterocycles. The quantitative estimate of drug-likeness (QED) is 0.322. The van der Waals surface area contributed by atoms with Crippen molar-refractivity contribution in [3.63, 3.8) is 0 Å². The Morgan fingerprint density at radius 2 is 1.74 bits per heavy atom. The number of carbonyl (C=O) groups is 3. The molecule has 5 rings (SSSR count). The highest BCUT2D eigenvalue weighted by Gasteiger charge is 2.64. The van der Waals surface area contributed by atoms with Crippen LogP contribution in [0.25, 0.3) is 16.9 Å². The molecule has 0 bridgehead atoms. The number of likely N-dealkylation sites (N-methyl/N-ethyl adjacent to an activating group) is 1. The number of hydrogen-bond donors (Lipinski definition) is 6. The van der Waals surface area contributed by atoms with Crippen LogP contribution in [0.2, 0.25) is 0 Å². The molecule has 3 aliphatic rings. The van der Waals surface area contributed by atoms with Crippen LogP contribution in [0.5, 0.6) is 5.75 Å². The molecule has 2 aromatic rings. The maximum atomic E-state index is 13.9. The molecule has 10 heteroatoms. The first-order valence-electron chi connectivity index (χ1n) is 12.1. The fraction of sp³-hybridized carbons (Fsp3) is 0.321. The number of phenolic OH excluding ortho intramolecular Hbond substituents is 1. The molecular weight excluding hydrogens is 492 g/mol. The van der Waals surface area contributed by atoms with Crippen LogP contribution in [0.3, 0.4) is 0 Å². The third-order valence-corrected chi connectivity index (χ3v) is 8.05. The van der Waals surface area contributed by atoms with Gasteiger partial charge in [0.15, 0.2) is 11.4 Å². The van der Waals surface area contributed by atoms with E-state index in [1.54, 1.807) is 44.4 Å². The van der Waals surface area contributed by atoms with Gasteiger partial charge in [-0.15, -0.1) is 0 Å². The maximum absolute atomic E-state index is 13.9. The van der Waals surface area contributed by atoms with Gasteiger partial charge in [-0.05, 0) is 61.2 Å². The Balaban J connectivity index is 1.72. The average Bonchev–Trinajstić information content (AvgIpc) is 2.86. The summed E-state index contributed by atoms with van der Waals surface area (Å²) in [6.07, 6.45) is 0.213. The number of nitrogens with two attached hydrogens (primary N) is 1. The van der Waals surface area contributed by atoms with Crippen molar-refractivity contribution in [3.05, 3.63) is 70.0 Å².